The number of carbonyl (C=O) groups excluding carboxylic acids is 1. The molecule has 1 heterocycles. The minimum absolute atomic E-state index is 0.102. The molecule has 138 valence electrons. The molecular formula is C22H29N3O. The molecule has 0 aromatic heterocycles. The summed E-state index contributed by atoms with van der Waals surface area (Å²) in [5, 5.41) is 3.06. The fourth-order valence-corrected chi connectivity index (χ4v) is 3.36. The number of rotatable bonds is 6. The second-order valence-electron chi connectivity index (χ2n) is 7.22. The Kier molecular flexibility index (Phi) is 6.42. The summed E-state index contributed by atoms with van der Waals surface area (Å²) in [6, 6.07) is 16.8. The first kappa shape index (κ1) is 18.6. The van der Waals surface area contributed by atoms with Gasteiger partial charge in [-0.15, -0.1) is 0 Å². The molecule has 2 aromatic rings. The molecule has 1 aliphatic heterocycles. The third-order valence-electron chi connectivity index (χ3n) is 5.04. The van der Waals surface area contributed by atoms with Crippen molar-refractivity contribution in [3.63, 3.8) is 0 Å². The Labute approximate surface area is 156 Å². The highest BCUT2D eigenvalue weighted by Crippen LogP contribution is 2.16. The second-order valence-corrected chi connectivity index (χ2v) is 7.22. The van der Waals surface area contributed by atoms with Gasteiger partial charge in [0.05, 0.1) is 0 Å². The summed E-state index contributed by atoms with van der Waals surface area (Å²) in [5.41, 5.74) is 4.58. The molecule has 2 aromatic carbocycles. The van der Waals surface area contributed by atoms with Gasteiger partial charge in [-0.1, -0.05) is 42.5 Å². The van der Waals surface area contributed by atoms with Crippen molar-refractivity contribution in [1.29, 1.82) is 0 Å². The van der Waals surface area contributed by atoms with E-state index in [1.54, 1.807) is 0 Å². The summed E-state index contributed by atoms with van der Waals surface area (Å²) in [7, 11) is 0. The first-order chi connectivity index (χ1) is 12.6. The van der Waals surface area contributed by atoms with Gasteiger partial charge < -0.3 is 10.2 Å². The molecule has 0 spiro atoms. The highest BCUT2D eigenvalue weighted by atomic mass is 16.1. The molecule has 0 aliphatic carbocycles. The Hall–Kier alpha value is -2.17. The number of amides is 1. The lowest BCUT2D eigenvalue weighted by Crippen LogP contribution is -2.46. The van der Waals surface area contributed by atoms with Gasteiger partial charge >= 0.3 is 0 Å². The second kappa shape index (κ2) is 8.97. The number of anilines is 1. The summed E-state index contributed by atoms with van der Waals surface area (Å²) in [6.07, 6.45) is 0.548. The number of carbonyl (C=O) groups is 1. The van der Waals surface area contributed by atoms with Crippen LogP contribution in [0.4, 0.5) is 5.69 Å². The lowest BCUT2D eigenvalue weighted by atomic mass is 10.1. The van der Waals surface area contributed by atoms with Crippen LogP contribution in [0, 0.1) is 13.8 Å². The van der Waals surface area contributed by atoms with E-state index >= 15 is 0 Å². The van der Waals surface area contributed by atoms with Crippen molar-refractivity contribution in [1.82, 2.24) is 9.80 Å². The minimum atomic E-state index is 0.102. The predicted molar refractivity (Wildman–Crippen MR) is 107 cm³/mol. The van der Waals surface area contributed by atoms with E-state index in [9.17, 15) is 4.79 Å². The normalized spacial score (nSPS) is 15.8. The molecule has 1 amide bonds. The highest BCUT2D eigenvalue weighted by molar-refractivity contribution is 5.91. The van der Waals surface area contributed by atoms with Crippen LogP contribution in [0.2, 0.25) is 0 Å². The smallest absolute Gasteiger partial charge is 0.225 e. The van der Waals surface area contributed by atoms with Crippen LogP contribution in [0.25, 0.3) is 0 Å². The predicted octanol–water partition coefficient (Wildman–Crippen LogP) is 3.45. The summed E-state index contributed by atoms with van der Waals surface area (Å²) in [6.45, 7) is 10.1. The van der Waals surface area contributed by atoms with E-state index in [-0.39, 0.29) is 5.91 Å². The fourth-order valence-electron chi connectivity index (χ4n) is 3.36. The zero-order valence-electron chi connectivity index (χ0n) is 15.9. The first-order valence-corrected chi connectivity index (χ1v) is 9.46. The lowest BCUT2D eigenvalue weighted by Gasteiger charge is -2.34. The van der Waals surface area contributed by atoms with E-state index in [4.69, 9.17) is 0 Å². The quantitative estimate of drug-likeness (QED) is 0.866. The van der Waals surface area contributed by atoms with E-state index in [2.05, 4.69) is 57.6 Å². The van der Waals surface area contributed by atoms with Crippen molar-refractivity contribution in [2.75, 3.05) is 38.0 Å². The lowest BCUT2D eigenvalue weighted by molar-refractivity contribution is -0.116. The average molecular weight is 351 g/mol. The van der Waals surface area contributed by atoms with Gasteiger partial charge in [0.15, 0.2) is 0 Å². The van der Waals surface area contributed by atoms with Gasteiger partial charge in [0, 0.05) is 51.4 Å². The van der Waals surface area contributed by atoms with Crippen molar-refractivity contribution in [2.24, 2.45) is 0 Å². The van der Waals surface area contributed by atoms with Crippen molar-refractivity contribution in [2.45, 2.75) is 26.8 Å². The van der Waals surface area contributed by atoms with Crippen LogP contribution in [0.5, 0.6) is 0 Å². The molecule has 0 bridgehead atoms. The van der Waals surface area contributed by atoms with Crippen molar-refractivity contribution in [3.8, 4) is 0 Å². The summed E-state index contributed by atoms with van der Waals surface area (Å²) >= 11 is 0. The third kappa shape index (κ3) is 5.41. The van der Waals surface area contributed by atoms with Crippen molar-refractivity contribution < 1.29 is 4.79 Å². The standard InChI is InChI=1S/C22H29N3O/c1-18-8-9-19(2)21(16-18)23-22(26)10-11-24-12-14-25(15-13-24)17-20-6-4-3-5-7-20/h3-9,16H,10-15,17H2,1-2H3,(H,23,26). The number of benzene rings is 2. The summed E-state index contributed by atoms with van der Waals surface area (Å²) in [4.78, 5) is 17.2. The Bertz CT molecular complexity index is 721. The van der Waals surface area contributed by atoms with E-state index in [1.807, 2.05) is 19.9 Å². The van der Waals surface area contributed by atoms with Gasteiger partial charge in [-0.05, 0) is 36.6 Å². The van der Waals surface area contributed by atoms with E-state index in [1.165, 1.54) is 11.1 Å². The molecule has 3 rings (SSSR count). The highest BCUT2D eigenvalue weighted by Gasteiger charge is 2.17. The molecule has 26 heavy (non-hydrogen) atoms. The van der Waals surface area contributed by atoms with Gasteiger partial charge in [-0.2, -0.15) is 0 Å². The largest absolute Gasteiger partial charge is 0.326 e. The topological polar surface area (TPSA) is 35.6 Å². The molecule has 0 radical (unpaired) electrons. The maximum absolute atomic E-state index is 12.3. The number of nitrogens with zero attached hydrogens (tertiary/aromatic N) is 2. The van der Waals surface area contributed by atoms with Crippen LogP contribution in [-0.4, -0.2) is 48.4 Å². The maximum Gasteiger partial charge on any atom is 0.225 e. The average Bonchev–Trinajstić information content (AvgIpc) is 2.65. The number of piperazine rings is 1. The molecule has 4 nitrogen and oxygen atoms in total. The Morgan fingerprint density at radius 3 is 2.38 bits per heavy atom. The Balaban J connectivity index is 1.39. The summed E-state index contributed by atoms with van der Waals surface area (Å²) < 4.78 is 0. The van der Waals surface area contributed by atoms with E-state index in [0.717, 1.165) is 50.5 Å². The zero-order valence-corrected chi connectivity index (χ0v) is 15.9. The van der Waals surface area contributed by atoms with Crippen molar-refractivity contribution >= 4 is 11.6 Å². The summed E-state index contributed by atoms with van der Waals surface area (Å²) in [5.74, 6) is 0.102. The van der Waals surface area contributed by atoms with E-state index in [0.29, 0.717) is 6.42 Å². The molecule has 1 saturated heterocycles. The first-order valence-electron chi connectivity index (χ1n) is 9.46. The van der Waals surface area contributed by atoms with Crippen LogP contribution in [-0.2, 0) is 11.3 Å². The number of hydrogen-bond acceptors (Lipinski definition) is 3. The van der Waals surface area contributed by atoms with Crippen LogP contribution in [0.3, 0.4) is 0 Å². The molecule has 0 atom stereocenters. The SMILES string of the molecule is Cc1ccc(C)c(NC(=O)CCN2CCN(Cc3ccccc3)CC2)c1. The van der Waals surface area contributed by atoms with E-state index < -0.39 is 0 Å². The van der Waals surface area contributed by atoms with Gasteiger partial charge in [0.2, 0.25) is 5.91 Å². The van der Waals surface area contributed by atoms with Gasteiger partial charge in [-0.25, -0.2) is 0 Å². The van der Waals surface area contributed by atoms with Crippen molar-refractivity contribution in [3.05, 3.63) is 65.2 Å². The molecule has 0 unspecified atom stereocenters. The van der Waals surface area contributed by atoms with Gasteiger partial charge in [0.1, 0.15) is 0 Å². The third-order valence-corrected chi connectivity index (χ3v) is 5.04. The zero-order chi connectivity index (χ0) is 18.4. The maximum atomic E-state index is 12.3. The van der Waals surface area contributed by atoms with Gasteiger partial charge in [0.25, 0.3) is 0 Å². The molecule has 0 saturated carbocycles. The van der Waals surface area contributed by atoms with Crippen LogP contribution < -0.4 is 5.32 Å². The van der Waals surface area contributed by atoms with Crippen LogP contribution >= 0.6 is 0 Å². The fraction of sp³-hybridized carbons (Fsp3) is 0.409. The monoisotopic (exact) mass is 351 g/mol. The molecule has 4 heteroatoms. The van der Waals surface area contributed by atoms with Crippen LogP contribution in [0.1, 0.15) is 23.1 Å². The minimum Gasteiger partial charge on any atom is -0.326 e. The Morgan fingerprint density at radius 1 is 0.962 bits per heavy atom. The molecule has 1 fully saturated rings. The molecule has 1 N–H and O–H groups in total. The number of nitrogens with one attached hydrogen (secondary N) is 1. The Morgan fingerprint density at radius 2 is 1.65 bits per heavy atom. The molecular weight excluding hydrogens is 322 g/mol. The number of aryl methyl sites for hydroxylation is 2. The van der Waals surface area contributed by atoms with Crippen LogP contribution in [0.15, 0.2) is 48.5 Å². The van der Waals surface area contributed by atoms with Gasteiger partial charge in [-0.3, -0.25) is 9.69 Å². The molecule has 1 aliphatic rings. The number of hydrogen-bond donors (Lipinski definition) is 1.